The number of aromatic nitrogens is 3. The Kier molecular flexibility index (Phi) is 4.79. The zero-order valence-electron chi connectivity index (χ0n) is 13.6. The highest BCUT2D eigenvalue weighted by Gasteiger charge is 2.31. The van der Waals surface area contributed by atoms with E-state index in [1.807, 2.05) is 0 Å². The molecule has 0 saturated heterocycles. The predicted molar refractivity (Wildman–Crippen MR) is 86.5 cm³/mol. The number of benzene rings is 2. The van der Waals surface area contributed by atoms with Gasteiger partial charge in [0.25, 0.3) is 0 Å². The van der Waals surface area contributed by atoms with Gasteiger partial charge >= 0.3 is 6.36 Å². The lowest BCUT2D eigenvalue weighted by atomic mass is 10.2. The van der Waals surface area contributed by atoms with Crippen molar-refractivity contribution in [1.29, 1.82) is 0 Å². The van der Waals surface area contributed by atoms with Crippen LogP contribution in [0.2, 0.25) is 0 Å². The van der Waals surface area contributed by atoms with Crippen molar-refractivity contribution in [3.05, 3.63) is 66.2 Å². The van der Waals surface area contributed by atoms with Crippen LogP contribution in [0.25, 0.3) is 5.69 Å². The van der Waals surface area contributed by atoms with Gasteiger partial charge in [0, 0.05) is 13.6 Å². The van der Waals surface area contributed by atoms with Gasteiger partial charge in [0.2, 0.25) is 5.95 Å². The van der Waals surface area contributed by atoms with Crippen LogP contribution in [0.1, 0.15) is 5.56 Å². The second-order valence-electron chi connectivity index (χ2n) is 5.52. The zero-order chi connectivity index (χ0) is 18.7. The molecule has 0 atom stereocenters. The van der Waals surface area contributed by atoms with Gasteiger partial charge in [-0.2, -0.15) is 4.98 Å². The van der Waals surface area contributed by atoms with Gasteiger partial charge in [-0.05, 0) is 42.0 Å². The maximum atomic E-state index is 13.2. The standard InChI is InChI=1S/C17H14F4N4O/c1-24(10-12-3-2-4-13(18)9-12)16-22-11-25(23-16)14-5-7-15(8-6-14)26-17(19,20)21/h2-9,11H,10H2,1H3. The summed E-state index contributed by atoms with van der Waals surface area (Å²) >= 11 is 0. The molecule has 1 aromatic heterocycles. The maximum Gasteiger partial charge on any atom is 0.573 e. The number of rotatable bonds is 5. The summed E-state index contributed by atoms with van der Waals surface area (Å²) in [6, 6.07) is 11.5. The number of hydrogen-bond acceptors (Lipinski definition) is 4. The quantitative estimate of drug-likeness (QED) is 0.642. The minimum absolute atomic E-state index is 0.315. The Balaban J connectivity index is 1.71. The Bertz CT molecular complexity index is 877. The lowest BCUT2D eigenvalue weighted by molar-refractivity contribution is -0.274. The monoisotopic (exact) mass is 366 g/mol. The van der Waals surface area contributed by atoms with Gasteiger partial charge in [0.05, 0.1) is 5.69 Å². The van der Waals surface area contributed by atoms with Crippen LogP contribution in [0.5, 0.6) is 5.75 Å². The van der Waals surface area contributed by atoms with Crippen LogP contribution >= 0.6 is 0 Å². The summed E-state index contributed by atoms with van der Waals surface area (Å²) in [6.45, 7) is 0.403. The number of hydrogen-bond donors (Lipinski definition) is 0. The Morgan fingerprint density at radius 2 is 1.85 bits per heavy atom. The molecule has 0 aliphatic carbocycles. The van der Waals surface area contributed by atoms with E-state index in [0.29, 0.717) is 18.2 Å². The molecule has 2 aromatic carbocycles. The van der Waals surface area contributed by atoms with Crippen molar-refractivity contribution < 1.29 is 22.3 Å². The van der Waals surface area contributed by atoms with Crippen molar-refractivity contribution in [3.63, 3.8) is 0 Å². The Labute approximate surface area is 146 Å². The molecule has 9 heteroatoms. The van der Waals surface area contributed by atoms with E-state index in [-0.39, 0.29) is 11.6 Å². The highest BCUT2D eigenvalue weighted by molar-refractivity contribution is 5.38. The average molecular weight is 366 g/mol. The third kappa shape index (κ3) is 4.50. The van der Waals surface area contributed by atoms with Gasteiger partial charge < -0.3 is 9.64 Å². The van der Waals surface area contributed by atoms with Crippen molar-refractivity contribution >= 4 is 5.95 Å². The molecule has 0 aliphatic heterocycles. The fourth-order valence-electron chi connectivity index (χ4n) is 2.33. The Morgan fingerprint density at radius 3 is 2.50 bits per heavy atom. The van der Waals surface area contributed by atoms with Gasteiger partial charge in [0.1, 0.15) is 17.9 Å². The largest absolute Gasteiger partial charge is 0.573 e. The molecule has 3 rings (SSSR count). The molecule has 136 valence electrons. The van der Waals surface area contributed by atoms with Crippen LogP contribution in [0, 0.1) is 5.82 Å². The molecule has 0 unspecified atom stereocenters. The summed E-state index contributed by atoms with van der Waals surface area (Å²) in [5, 5.41) is 4.28. The molecule has 3 aromatic rings. The van der Waals surface area contributed by atoms with Crippen molar-refractivity contribution in [2.45, 2.75) is 12.9 Å². The van der Waals surface area contributed by atoms with Crippen LogP contribution < -0.4 is 9.64 Å². The second kappa shape index (κ2) is 7.03. The number of alkyl halides is 3. The van der Waals surface area contributed by atoms with E-state index in [1.165, 1.54) is 47.4 Å². The third-order valence-electron chi connectivity index (χ3n) is 3.46. The highest BCUT2D eigenvalue weighted by atomic mass is 19.4. The summed E-state index contributed by atoms with van der Waals surface area (Å²) in [6.07, 6.45) is -3.29. The summed E-state index contributed by atoms with van der Waals surface area (Å²) in [5.74, 6) is -0.245. The number of anilines is 1. The molecular weight excluding hydrogens is 352 g/mol. The molecule has 0 spiro atoms. The molecule has 26 heavy (non-hydrogen) atoms. The third-order valence-corrected chi connectivity index (χ3v) is 3.46. The van der Waals surface area contributed by atoms with E-state index in [2.05, 4.69) is 14.8 Å². The molecule has 0 N–H and O–H groups in total. The normalized spacial score (nSPS) is 11.4. The maximum absolute atomic E-state index is 13.2. The van der Waals surface area contributed by atoms with Crippen LogP contribution in [-0.2, 0) is 6.54 Å². The van der Waals surface area contributed by atoms with Crippen LogP contribution in [-0.4, -0.2) is 28.2 Å². The number of ether oxygens (including phenoxy) is 1. The molecule has 1 heterocycles. The van der Waals surface area contributed by atoms with Crippen molar-refractivity contribution in [2.75, 3.05) is 11.9 Å². The molecule has 0 radical (unpaired) electrons. The topological polar surface area (TPSA) is 43.2 Å². The van der Waals surface area contributed by atoms with E-state index < -0.39 is 6.36 Å². The lowest BCUT2D eigenvalue weighted by Crippen LogP contribution is -2.18. The van der Waals surface area contributed by atoms with E-state index >= 15 is 0 Å². The van der Waals surface area contributed by atoms with Crippen LogP contribution in [0.3, 0.4) is 0 Å². The van der Waals surface area contributed by atoms with Crippen molar-refractivity contribution in [1.82, 2.24) is 14.8 Å². The van der Waals surface area contributed by atoms with Crippen molar-refractivity contribution in [2.24, 2.45) is 0 Å². The summed E-state index contributed by atoms with van der Waals surface area (Å²) in [7, 11) is 1.75. The number of halogens is 4. The molecule has 0 amide bonds. The average Bonchev–Trinajstić information content (AvgIpc) is 3.04. The zero-order valence-corrected chi connectivity index (χ0v) is 13.6. The molecular formula is C17H14F4N4O. The summed E-state index contributed by atoms with van der Waals surface area (Å²) < 4.78 is 55.0. The minimum atomic E-state index is -4.73. The van der Waals surface area contributed by atoms with E-state index in [0.717, 1.165) is 5.56 Å². The molecule has 0 saturated carbocycles. The van der Waals surface area contributed by atoms with Crippen molar-refractivity contribution in [3.8, 4) is 11.4 Å². The first kappa shape index (κ1) is 17.7. The fourth-order valence-corrected chi connectivity index (χ4v) is 2.33. The molecule has 0 fully saturated rings. The lowest BCUT2D eigenvalue weighted by Gasteiger charge is -2.14. The van der Waals surface area contributed by atoms with Gasteiger partial charge in [-0.25, -0.2) is 9.07 Å². The molecule has 0 aliphatic rings. The number of nitrogens with zero attached hydrogens (tertiary/aromatic N) is 4. The van der Waals surface area contributed by atoms with Gasteiger partial charge in [-0.3, -0.25) is 0 Å². The first-order valence-electron chi connectivity index (χ1n) is 7.53. The van der Waals surface area contributed by atoms with Crippen LogP contribution in [0.15, 0.2) is 54.9 Å². The fraction of sp³-hybridized carbons (Fsp3) is 0.176. The summed E-state index contributed by atoms with van der Waals surface area (Å²) in [5.41, 5.74) is 1.29. The molecule has 5 nitrogen and oxygen atoms in total. The van der Waals surface area contributed by atoms with E-state index in [9.17, 15) is 17.6 Å². The first-order chi connectivity index (χ1) is 12.3. The Hall–Kier alpha value is -3.10. The second-order valence-corrected chi connectivity index (χ2v) is 5.52. The van der Waals surface area contributed by atoms with E-state index in [4.69, 9.17) is 0 Å². The predicted octanol–water partition coefficient (Wildman–Crippen LogP) is 3.94. The van der Waals surface area contributed by atoms with Gasteiger partial charge in [-0.1, -0.05) is 12.1 Å². The minimum Gasteiger partial charge on any atom is -0.406 e. The highest BCUT2D eigenvalue weighted by Crippen LogP contribution is 2.23. The van der Waals surface area contributed by atoms with Gasteiger partial charge in [-0.15, -0.1) is 18.3 Å². The van der Waals surface area contributed by atoms with Gasteiger partial charge in [0.15, 0.2) is 0 Å². The molecule has 0 bridgehead atoms. The smallest absolute Gasteiger partial charge is 0.406 e. The summed E-state index contributed by atoms with van der Waals surface area (Å²) in [4.78, 5) is 5.89. The first-order valence-corrected chi connectivity index (χ1v) is 7.53. The SMILES string of the molecule is CN(Cc1cccc(F)c1)c1ncn(-c2ccc(OC(F)(F)F)cc2)n1. The van der Waals surface area contributed by atoms with Crippen LogP contribution in [0.4, 0.5) is 23.5 Å². The Morgan fingerprint density at radius 1 is 1.12 bits per heavy atom. The van der Waals surface area contributed by atoms with E-state index in [1.54, 1.807) is 24.1 Å².